The van der Waals surface area contributed by atoms with Gasteiger partial charge >= 0.3 is 5.97 Å². The van der Waals surface area contributed by atoms with Crippen molar-refractivity contribution >= 4 is 28.6 Å². The lowest BCUT2D eigenvalue weighted by molar-refractivity contribution is -0.135. The van der Waals surface area contributed by atoms with E-state index in [1.807, 2.05) is 0 Å². The highest BCUT2D eigenvalue weighted by Crippen LogP contribution is 2.49. The average molecular weight is 364 g/mol. The molecule has 0 aromatic carbocycles. The summed E-state index contributed by atoms with van der Waals surface area (Å²) in [6.45, 7) is 0.726. The van der Waals surface area contributed by atoms with Gasteiger partial charge in [-0.05, 0) is 18.9 Å². The van der Waals surface area contributed by atoms with Gasteiger partial charge in [0.05, 0.1) is 5.69 Å². The van der Waals surface area contributed by atoms with Crippen LogP contribution < -0.4 is 5.32 Å². The fourth-order valence-electron chi connectivity index (χ4n) is 3.53. The standard InChI is InChI=1S/C17H18F2N4O3/c18-17(19)6-12(17)15(24)23-5-1-2-9(8-23)22-13-10-3-4-20-14(10)21-7-11(13)16(25)26/h3-4,7,9,12H,1-2,5-6,8H2,(H,25,26)(H2,20,21,22)/t9?,12-/m0/s1. The lowest BCUT2D eigenvalue weighted by Gasteiger charge is -2.34. The molecule has 1 amide bonds. The van der Waals surface area contributed by atoms with Crippen molar-refractivity contribution in [1.29, 1.82) is 0 Å². The van der Waals surface area contributed by atoms with E-state index in [0.29, 0.717) is 29.7 Å². The number of piperidine rings is 1. The molecule has 1 saturated heterocycles. The SMILES string of the molecule is O=C(O)c1cnc2[nH]ccc2c1NC1CCCN(C(=O)[C@@H]2CC2(F)F)C1. The summed E-state index contributed by atoms with van der Waals surface area (Å²) in [6.07, 6.45) is 3.96. The first-order chi connectivity index (χ1) is 12.4. The number of carboxylic acids is 1. The Bertz CT molecular complexity index is 882. The van der Waals surface area contributed by atoms with Gasteiger partial charge in [0.15, 0.2) is 0 Å². The maximum Gasteiger partial charge on any atom is 0.339 e. The number of rotatable bonds is 4. The summed E-state index contributed by atoms with van der Waals surface area (Å²) in [7, 11) is 0. The summed E-state index contributed by atoms with van der Waals surface area (Å²) in [5.41, 5.74) is 1.02. The van der Waals surface area contributed by atoms with Crippen molar-refractivity contribution in [2.75, 3.05) is 18.4 Å². The predicted molar refractivity (Wildman–Crippen MR) is 89.3 cm³/mol. The number of H-pyrrole nitrogens is 1. The molecule has 26 heavy (non-hydrogen) atoms. The molecule has 3 heterocycles. The van der Waals surface area contributed by atoms with E-state index in [2.05, 4.69) is 15.3 Å². The maximum atomic E-state index is 13.2. The topological polar surface area (TPSA) is 98.3 Å². The number of alkyl halides is 2. The van der Waals surface area contributed by atoms with E-state index >= 15 is 0 Å². The first kappa shape index (κ1) is 16.7. The van der Waals surface area contributed by atoms with Gasteiger partial charge in [0.25, 0.3) is 5.92 Å². The molecule has 2 fully saturated rings. The number of carbonyl (C=O) groups excluding carboxylic acids is 1. The normalized spacial score (nSPS) is 24.5. The number of amides is 1. The van der Waals surface area contributed by atoms with Crippen molar-refractivity contribution in [3.63, 3.8) is 0 Å². The van der Waals surface area contributed by atoms with Crippen molar-refractivity contribution in [2.24, 2.45) is 5.92 Å². The number of hydrogen-bond donors (Lipinski definition) is 3. The Kier molecular flexibility index (Phi) is 3.82. The van der Waals surface area contributed by atoms with Gasteiger partial charge in [0.1, 0.15) is 17.1 Å². The van der Waals surface area contributed by atoms with E-state index < -0.39 is 23.7 Å². The smallest absolute Gasteiger partial charge is 0.339 e. The van der Waals surface area contributed by atoms with Crippen LogP contribution in [0.3, 0.4) is 0 Å². The van der Waals surface area contributed by atoms with Gasteiger partial charge < -0.3 is 20.3 Å². The summed E-state index contributed by atoms with van der Waals surface area (Å²) in [5.74, 6) is -5.70. The molecule has 138 valence electrons. The minimum Gasteiger partial charge on any atom is -0.478 e. The minimum absolute atomic E-state index is 0.0364. The average Bonchev–Trinajstić information content (AvgIpc) is 3.02. The Morgan fingerprint density at radius 1 is 1.42 bits per heavy atom. The highest BCUT2D eigenvalue weighted by molar-refractivity contribution is 6.03. The van der Waals surface area contributed by atoms with Crippen LogP contribution in [-0.4, -0.2) is 56.9 Å². The first-order valence-electron chi connectivity index (χ1n) is 8.49. The second kappa shape index (κ2) is 5.93. The van der Waals surface area contributed by atoms with E-state index in [-0.39, 0.29) is 24.6 Å². The molecular weight excluding hydrogens is 346 g/mol. The van der Waals surface area contributed by atoms with Gasteiger partial charge in [0, 0.05) is 43.3 Å². The summed E-state index contributed by atoms with van der Waals surface area (Å²) in [4.78, 5) is 32.2. The zero-order chi connectivity index (χ0) is 18.5. The third-order valence-corrected chi connectivity index (χ3v) is 5.02. The van der Waals surface area contributed by atoms with Gasteiger partial charge in [-0.1, -0.05) is 0 Å². The molecule has 0 spiro atoms. The van der Waals surface area contributed by atoms with Crippen LogP contribution in [0, 0.1) is 5.92 Å². The Balaban J connectivity index is 1.55. The number of anilines is 1. The Morgan fingerprint density at radius 3 is 2.88 bits per heavy atom. The summed E-state index contributed by atoms with van der Waals surface area (Å²) in [6, 6.07) is 1.52. The molecule has 1 saturated carbocycles. The van der Waals surface area contributed by atoms with Crippen molar-refractivity contribution < 1.29 is 23.5 Å². The van der Waals surface area contributed by atoms with Crippen LogP contribution >= 0.6 is 0 Å². The van der Waals surface area contributed by atoms with Gasteiger partial charge in [-0.25, -0.2) is 18.6 Å². The molecule has 1 aliphatic carbocycles. The summed E-state index contributed by atoms with van der Waals surface area (Å²) < 4.78 is 26.4. The van der Waals surface area contributed by atoms with Crippen LogP contribution in [0.5, 0.6) is 0 Å². The second-order valence-corrected chi connectivity index (χ2v) is 6.88. The molecule has 1 unspecified atom stereocenters. The Labute approximate surface area is 147 Å². The number of hydrogen-bond acceptors (Lipinski definition) is 4. The van der Waals surface area contributed by atoms with Gasteiger partial charge in [0.2, 0.25) is 5.91 Å². The number of pyridine rings is 1. The van der Waals surface area contributed by atoms with E-state index in [1.165, 1.54) is 11.1 Å². The van der Waals surface area contributed by atoms with Gasteiger partial charge in [-0.3, -0.25) is 4.79 Å². The van der Waals surface area contributed by atoms with E-state index in [0.717, 1.165) is 6.42 Å². The minimum atomic E-state index is -2.88. The Hall–Kier alpha value is -2.71. The number of halogens is 2. The van der Waals surface area contributed by atoms with Crippen LogP contribution in [0.2, 0.25) is 0 Å². The highest BCUT2D eigenvalue weighted by Gasteiger charge is 2.62. The molecule has 2 aromatic rings. The van der Waals surface area contributed by atoms with E-state index in [4.69, 9.17) is 0 Å². The molecule has 9 heteroatoms. The zero-order valence-corrected chi connectivity index (χ0v) is 13.8. The van der Waals surface area contributed by atoms with E-state index in [9.17, 15) is 23.5 Å². The molecule has 1 aliphatic heterocycles. The molecule has 2 aliphatic rings. The van der Waals surface area contributed by atoms with Crippen molar-refractivity contribution in [3.8, 4) is 0 Å². The van der Waals surface area contributed by atoms with Crippen LogP contribution in [0.15, 0.2) is 18.5 Å². The zero-order valence-electron chi connectivity index (χ0n) is 13.8. The third kappa shape index (κ3) is 2.87. The number of fused-ring (bicyclic) bond motifs is 1. The number of carbonyl (C=O) groups is 2. The lowest BCUT2D eigenvalue weighted by atomic mass is 10.0. The van der Waals surface area contributed by atoms with E-state index in [1.54, 1.807) is 12.3 Å². The number of nitrogens with zero attached hydrogens (tertiary/aromatic N) is 2. The van der Waals surface area contributed by atoms with Crippen LogP contribution in [0.25, 0.3) is 11.0 Å². The van der Waals surface area contributed by atoms with Crippen LogP contribution in [0.4, 0.5) is 14.5 Å². The fourth-order valence-corrected chi connectivity index (χ4v) is 3.53. The van der Waals surface area contributed by atoms with Gasteiger partial charge in [-0.2, -0.15) is 0 Å². The first-order valence-corrected chi connectivity index (χ1v) is 8.49. The predicted octanol–water partition coefficient (Wildman–Crippen LogP) is 2.32. The molecule has 3 N–H and O–H groups in total. The number of nitrogens with one attached hydrogen (secondary N) is 2. The third-order valence-electron chi connectivity index (χ3n) is 5.02. The maximum absolute atomic E-state index is 13.2. The van der Waals surface area contributed by atoms with Crippen molar-refractivity contribution in [1.82, 2.24) is 14.9 Å². The Morgan fingerprint density at radius 2 is 2.19 bits per heavy atom. The van der Waals surface area contributed by atoms with Crippen molar-refractivity contribution in [2.45, 2.75) is 31.2 Å². The summed E-state index contributed by atoms with van der Waals surface area (Å²) >= 11 is 0. The van der Waals surface area contributed by atoms with Crippen LogP contribution in [-0.2, 0) is 4.79 Å². The lowest BCUT2D eigenvalue weighted by Crippen LogP contribution is -2.46. The fraction of sp³-hybridized carbons (Fsp3) is 0.471. The largest absolute Gasteiger partial charge is 0.478 e. The highest BCUT2D eigenvalue weighted by atomic mass is 19.3. The number of aromatic nitrogens is 2. The summed E-state index contributed by atoms with van der Waals surface area (Å²) in [5, 5.41) is 13.3. The van der Waals surface area contributed by atoms with Crippen molar-refractivity contribution in [3.05, 3.63) is 24.0 Å². The second-order valence-electron chi connectivity index (χ2n) is 6.88. The van der Waals surface area contributed by atoms with Gasteiger partial charge in [-0.15, -0.1) is 0 Å². The molecule has 0 radical (unpaired) electrons. The molecule has 2 aromatic heterocycles. The number of carboxylic acid groups (broad SMARTS) is 1. The number of aromatic carboxylic acids is 1. The molecule has 0 bridgehead atoms. The molecule has 7 nitrogen and oxygen atoms in total. The molecule has 2 atom stereocenters. The monoisotopic (exact) mass is 364 g/mol. The quantitative estimate of drug-likeness (QED) is 0.773. The molecule has 4 rings (SSSR count). The van der Waals surface area contributed by atoms with Crippen LogP contribution in [0.1, 0.15) is 29.6 Å². The number of aromatic amines is 1. The molecular formula is C17H18F2N4O3. The number of likely N-dealkylation sites (tertiary alicyclic amines) is 1.